The SMILES string of the molecule is CONC(=O)c1ccc(C(=O)Nc2ccccc2N)s1. The molecule has 0 unspecified atom stereocenters. The van der Waals surface area contributed by atoms with Crippen LogP contribution in [-0.4, -0.2) is 18.9 Å². The van der Waals surface area contributed by atoms with E-state index in [1.165, 1.54) is 7.11 Å². The van der Waals surface area contributed by atoms with Crippen molar-refractivity contribution in [2.45, 2.75) is 0 Å². The number of hydrogen-bond acceptors (Lipinski definition) is 5. The third-order valence-corrected chi connectivity index (χ3v) is 3.54. The van der Waals surface area contributed by atoms with Gasteiger partial charge in [0.15, 0.2) is 0 Å². The first-order chi connectivity index (χ1) is 9.61. The van der Waals surface area contributed by atoms with Crippen molar-refractivity contribution in [1.82, 2.24) is 5.48 Å². The summed E-state index contributed by atoms with van der Waals surface area (Å²) in [7, 11) is 1.34. The number of rotatable bonds is 4. The van der Waals surface area contributed by atoms with Gasteiger partial charge in [0.05, 0.1) is 28.2 Å². The van der Waals surface area contributed by atoms with Gasteiger partial charge in [-0.05, 0) is 24.3 Å². The van der Waals surface area contributed by atoms with Crippen molar-refractivity contribution in [3.8, 4) is 0 Å². The summed E-state index contributed by atoms with van der Waals surface area (Å²) < 4.78 is 0. The number of nitrogens with two attached hydrogens (primary N) is 1. The lowest BCUT2D eigenvalue weighted by molar-refractivity contribution is 0.0542. The second-order valence-corrected chi connectivity index (χ2v) is 4.92. The molecule has 1 aromatic heterocycles. The largest absolute Gasteiger partial charge is 0.397 e. The van der Waals surface area contributed by atoms with Gasteiger partial charge in [-0.2, -0.15) is 0 Å². The van der Waals surface area contributed by atoms with Crippen molar-refractivity contribution in [2.75, 3.05) is 18.2 Å². The Kier molecular flexibility index (Phi) is 4.34. The van der Waals surface area contributed by atoms with Gasteiger partial charge >= 0.3 is 0 Å². The van der Waals surface area contributed by atoms with Crippen LogP contribution in [0.3, 0.4) is 0 Å². The number of anilines is 2. The van der Waals surface area contributed by atoms with Crippen LogP contribution in [0, 0.1) is 0 Å². The maximum Gasteiger partial charge on any atom is 0.284 e. The van der Waals surface area contributed by atoms with E-state index in [1.54, 1.807) is 36.4 Å². The highest BCUT2D eigenvalue weighted by molar-refractivity contribution is 7.16. The molecule has 2 aromatic rings. The van der Waals surface area contributed by atoms with Crippen molar-refractivity contribution in [3.63, 3.8) is 0 Å². The Morgan fingerprint density at radius 1 is 1.10 bits per heavy atom. The first-order valence-electron chi connectivity index (χ1n) is 5.71. The molecule has 0 aliphatic heterocycles. The van der Waals surface area contributed by atoms with Crippen LogP contribution in [0.25, 0.3) is 0 Å². The second kappa shape index (κ2) is 6.18. The quantitative estimate of drug-likeness (QED) is 0.592. The lowest BCUT2D eigenvalue weighted by Crippen LogP contribution is -2.20. The van der Waals surface area contributed by atoms with Crippen molar-refractivity contribution in [3.05, 3.63) is 46.2 Å². The molecule has 0 fully saturated rings. The molecule has 20 heavy (non-hydrogen) atoms. The molecule has 104 valence electrons. The van der Waals surface area contributed by atoms with Crippen LogP contribution < -0.4 is 16.5 Å². The minimum atomic E-state index is -0.393. The van der Waals surface area contributed by atoms with E-state index in [2.05, 4.69) is 15.6 Å². The molecule has 0 aliphatic carbocycles. The number of carbonyl (C=O) groups is 2. The lowest BCUT2D eigenvalue weighted by Gasteiger charge is -2.06. The predicted octanol–water partition coefficient (Wildman–Crippen LogP) is 1.87. The van der Waals surface area contributed by atoms with E-state index in [-0.39, 0.29) is 5.91 Å². The molecular weight excluding hydrogens is 278 g/mol. The zero-order chi connectivity index (χ0) is 14.5. The number of thiophene rings is 1. The molecule has 2 rings (SSSR count). The molecule has 6 nitrogen and oxygen atoms in total. The van der Waals surface area contributed by atoms with E-state index in [9.17, 15) is 9.59 Å². The average molecular weight is 291 g/mol. The summed E-state index contributed by atoms with van der Waals surface area (Å²) in [5.74, 6) is -0.708. The number of benzene rings is 1. The zero-order valence-electron chi connectivity index (χ0n) is 10.7. The van der Waals surface area contributed by atoms with Crippen LogP contribution in [0.1, 0.15) is 19.3 Å². The second-order valence-electron chi connectivity index (χ2n) is 3.84. The maximum atomic E-state index is 12.0. The molecule has 0 aliphatic rings. The lowest BCUT2D eigenvalue weighted by atomic mass is 10.2. The molecule has 0 saturated heterocycles. The molecule has 0 saturated carbocycles. The van der Waals surface area contributed by atoms with E-state index < -0.39 is 5.91 Å². The number of carbonyl (C=O) groups excluding carboxylic acids is 2. The summed E-state index contributed by atoms with van der Waals surface area (Å²) in [4.78, 5) is 28.9. The molecule has 1 aromatic carbocycles. The topological polar surface area (TPSA) is 93.4 Å². The maximum absolute atomic E-state index is 12.0. The fourth-order valence-electron chi connectivity index (χ4n) is 1.52. The fourth-order valence-corrected chi connectivity index (χ4v) is 2.31. The molecule has 0 atom stereocenters. The van der Waals surface area contributed by atoms with Gasteiger partial charge in [0.25, 0.3) is 11.8 Å². The normalized spacial score (nSPS) is 10.1. The summed E-state index contributed by atoms with van der Waals surface area (Å²) >= 11 is 1.07. The molecular formula is C13H13N3O3S. The van der Waals surface area contributed by atoms with Crippen molar-refractivity contribution >= 4 is 34.5 Å². The van der Waals surface area contributed by atoms with Crippen molar-refractivity contribution in [1.29, 1.82) is 0 Å². The molecule has 2 amide bonds. The number of hydroxylamine groups is 1. The summed E-state index contributed by atoms with van der Waals surface area (Å²) in [6.07, 6.45) is 0. The van der Waals surface area contributed by atoms with E-state index in [0.717, 1.165) is 11.3 Å². The van der Waals surface area contributed by atoms with Gasteiger partial charge < -0.3 is 11.1 Å². The van der Waals surface area contributed by atoms with Crippen LogP contribution in [0.5, 0.6) is 0 Å². The standard InChI is InChI=1S/C13H13N3O3S/c1-19-16-13(18)11-7-6-10(20-11)12(17)15-9-5-3-2-4-8(9)14/h2-7H,14H2,1H3,(H,15,17)(H,16,18). The first-order valence-corrected chi connectivity index (χ1v) is 6.52. The van der Waals surface area contributed by atoms with Gasteiger partial charge in [-0.25, -0.2) is 5.48 Å². The molecule has 7 heteroatoms. The van der Waals surface area contributed by atoms with Gasteiger partial charge in [0, 0.05) is 0 Å². The van der Waals surface area contributed by atoms with Crippen molar-refractivity contribution in [2.24, 2.45) is 0 Å². The Morgan fingerprint density at radius 3 is 2.40 bits per heavy atom. The van der Waals surface area contributed by atoms with E-state index in [0.29, 0.717) is 21.1 Å². The molecule has 1 heterocycles. The number of para-hydroxylation sites is 2. The minimum Gasteiger partial charge on any atom is -0.397 e. The van der Waals surface area contributed by atoms with Crippen LogP contribution in [0.2, 0.25) is 0 Å². The fraction of sp³-hybridized carbons (Fsp3) is 0.0769. The predicted molar refractivity (Wildman–Crippen MR) is 77.6 cm³/mol. The van der Waals surface area contributed by atoms with Crippen LogP contribution in [0.4, 0.5) is 11.4 Å². The van der Waals surface area contributed by atoms with Crippen LogP contribution in [-0.2, 0) is 4.84 Å². The number of nitrogens with one attached hydrogen (secondary N) is 2. The summed E-state index contributed by atoms with van der Waals surface area (Å²) in [5, 5.41) is 2.69. The Balaban J connectivity index is 2.11. The van der Waals surface area contributed by atoms with E-state index in [4.69, 9.17) is 5.73 Å². The molecule has 0 bridgehead atoms. The third kappa shape index (κ3) is 3.14. The molecule has 4 N–H and O–H groups in total. The molecule has 0 radical (unpaired) electrons. The Morgan fingerprint density at radius 2 is 1.75 bits per heavy atom. The highest BCUT2D eigenvalue weighted by Crippen LogP contribution is 2.21. The Labute approximate surface area is 119 Å². The number of amides is 2. The minimum absolute atomic E-state index is 0.315. The Hall–Kier alpha value is -2.38. The summed E-state index contributed by atoms with van der Waals surface area (Å²) in [5.41, 5.74) is 8.96. The monoisotopic (exact) mass is 291 g/mol. The number of hydrogen-bond donors (Lipinski definition) is 3. The highest BCUT2D eigenvalue weighted by atomic mass is 32.1. The van der Waals surface area contributed by atoms with Gasteiger partial charge in [-0.3, -0.25) is 14.4 Å². The van der Waals surface area contributed by atoms with Crippen LogP contribution >= 0.6 is 11.3 Å². The van der Waals surface area contributed by atoms with Gasteiger partial charge in [-0.1, -0.05) is 12.1 Å². The third-order valence-electron chi connectivity index (χ3n) is 2.46. The van der Waals surface area contributed by atoms with E-state index in [1.807, 2.05) is 0 Å². The first kappa shape index (κ1) is 14.0. The van der Waals surface area contributed by atoms with Gasteiger partial charge in [0.1, 0.15) is 0 Å². The Bertz CT molecular complexity index is 639. The average Bonchev–Trinajstić information content (AvgIpc) is 2.91. The summed E-state index contributed by atoms with van der Waals surface area (Å²) in [6, 6.07) is 10.1. The highest BCUT2D eigenvalue weighted by Gasteiger charge is 2.14. The number of nitrogen functional groups attached to an aromatic ring is 1. The van der Waals surface area contributed by atoms with Crippen molar-refractivity contribution < 1.29 is 14.4 Å². The smallest absolute Gasteiger partial charge is 0.284 e. The van der Waals surface area contributed by atoms with Crippen LogP contribution in [0.15, 0.2) is 36.4 Å². The van der Waals surface area contributed by atoms with Gasteiger partial charge in [-0.15, -0.1) is 11.3 Å². The summed E-state index contributed by atoms with van der Waals surface area (Å²) in [6.45, 7) is 0. The van der Waals surface area contributed by atoms with E-state index >= 15 is 0 Å². The zero-order valence-corrected chi connectivity index (χ0v) is 11.5. The molecule has 0 spiro atoms. The van der Waals surface area contributed by atoms with Gasteiger partial charge in [0.2, 0.25) is 0 Å².